The van der Waals surface area contributed by atoms with Crippen molar-refractivity contribution < 1.29 is 26.8 Å². The maximum atomic E-state index is 14.1. The molecule has 1 atom stereocenters. The number of carbonyl (C=O) groups excluding carboxylic acids is 2. The Morgan fingerprint density at radius 2 is 1.87 bits per heavy atom. The van der Waals surface area contributed by atoms with E-state index < -0.39 is 38.7 Å². The zero-order chi connectivity index (χ0) is 27.4. The summed E-state index contributed by atoms with van der Waals surface area (Å²) >= 11 is 0. The zero-order valence-electron chi connectivity index (χ0n) is 20.8. The fraction of sp³-hybridized carbons (Fsp3) is 0.286. The highest BCUT2D eigenvalue weighted by atomic mass is 32.2. The molecular formula is C28H30F2N4O4S. The Kier molecular flexibility index (Phi) is 7.50. The summed E-state index contributed by atoms with van der Waals surface area (Å²) in [7, 11) is -4.14. The van der Waals surface area contributed by atoms with Crippen molar-refractivity contribution >= 4 is 39.0 Å². The van der Waals surface area contributed by atoms with Crippen LogP contribution in [0.3, 0.4) is 0 Å². The van der Waals surface area contributed by atoms with Crippen LogP contribution in [-0.4, -0.2) is 49.2 Å². The first-order chi connectivity index (χ1) is 18.0. The van der Waals surface area contributed by atoms with E-state index >= 15 is 0 Å². The van der Waals surface area contributed by atoms with Gasteiger partial charge in [0.25, 0.3) is 11.8 Å². The lowest BCUT2D eigenvalue weighted by atomic mass is 10.0. The van der Waals surface area contributed by atoms with Crippen molar-refractivity contribution in [3.63, 3.8) is 0 Å². The molecule has 0 radical (unpaired) electrons. The number of H-pyrrole nitrogens is 1. The van der Waals surface area contributed by atoms with Gasteiger partial charge in [0.05, 0.1) is 21.8 Å². The molecule has 1 aromatic heterocycles. The lowest BCUT2D eigenvalue weighted by molar-refractivity contribution is -0.110. The van der Waals surface area contributed by atoms with Gasteiger partial charge in [0, 0.05) is 47.3 Å². The number of hydrogen-bond acceptors (Lipinski definition) is 5. The van der Waals surface area contributed by atoms with E-state index in [2.05, 4.69) is 10.3 Å². The zero-order valence-corrected chi connectivity index (χ0v) is 21.6. The number of aryl methyl sites for hydroxylation is 1. The summed E-state index contributed by atoms with van der Waals surface area (Å²) in [6.45, 7) is 4.59. The van der Waals surface area contributed by atoms with E-state index in [9.17, 15) is 26.8 Å². The molecule has 2 aliphatic rings. The van der Waals surface area contributed by atoms with Gasteiger partial charge in [-0.2, -0.15) is 0 Å². The second kappa shape index (κ2) is 10.4. The van der Waals surface area contributed by atoms with Gasteiger partial charge in [-0.15, -0.1) is 0 Å². The highest BCUT2D eigenvalue weighted by Crippen LogP contribution is 2.36. The molecule has 2 aliphatic heterocycles. The number of nitrogens with one attached hydrogen (secondary N) is 2. The highest BCUT2D eigenvalue weighted by molar-refractivity contribution is 7.90. The summed E-state index contributed by atoms with van der Waals surface area (Å²) in [5.74, 6) is -3.36. The van der Waals surface area contributed by atoms with E-state index in [1.54, 1.807) is 24.8 Å². The molecule has 2 aromatic carbocycles. The van der Waals surface area contributed by atoms with Gasteiger partial charge < -0.3 is 20.9 Å². The van der Waals surface area contributed by atoms with Crippen molar-refractivity contribution in [2.75, 3.05) is 18.4 Å². The van der Waals surface area contributed by atoms with Gasteiger partial charge in [0.15, 0.2) is 9.84 Å². The van der Waals surface area contributed by atoms with E-state index in [1.807, 2.05) is 0 Å². The number of hydrogen-bond donors (Lipinski definition) is 3. The topological polar surface area (TPSA) is 125 Å². The van der Waals surface area contributed by atoms with Gasteiger partial charge in [-0.25, -0.2) is 17.2 Å². The SMILES string of the molecule is C.Cc1[nH]c(/C=C2\C(=O)Nc3ccc(S(=O)(=O)Cc4c(F)cccc4F)cc32)c(C)c1C(=O)N1CC[C@@H](N)C1. The molecule has 5 rings (SSSR count). The Hall–Kier alpha value is -3.83. The van der Waals surface area contributed by atoms with Crippen LogP contribution in [0.2, 0.25) is 0 Å². The smallest absolute Gasteiger partial charge is 0.256 e. The third-order valence-electron chi connectivity index (χ3n) is 7.02. The number of nitrogens with zero attached hydrogens (tertiary/aromatic N) is 1. The van der Waals surface area contributed by atoms with E-state index in [-0.39, 0.29) is 29.8 Å². The number of fused-ring (bicyclic) bond motifs is 1. The number of aromatic amines is 1. The molecule has 0 saturated carbocycles. The molecule has 1 fully saturated rings. The van der Waals surface area contributed by atoms with E-state index in [4.69, 9.17) is 5.73 Å². The molecule has 8 nitrogen and oxygen atoms in total. The van der Waals surface area contributed by atoms with Gasteiger partial charge in [-0.1, -0.05) is 13.5 Å². The van der Waals surface area contributed by atoms with E-state index in [1.165, 1.54) is 18.2 Å². The number of sulfone groups is 1. The Morgan fingerprint density at radius 3 is 2.51 bits per heavy atom. The lowest BCUT2D eigenvalue weighted by Crippen LogP contribution is -2.32. The highest BCUT2D eigenvalue weighted by Gasteiger charge is 2.31. The summed E-state index contributed by atoms with van der Waals surface area (Å²) in [6.07, 6.45) is 2.31. The number of benzene rings is 2. The van der Waals surface area contributed by atoms with Gasteiger partial charge in [0.1, 0.15) is 11.6 Å². The molecule has 11 heteroatoms. The number of amides is 2. The standard InChI is InChI=1S/C27H26F2N4O4S.CH4/c1-14-24(31-15(2)25(14)27(35)33-9-8-16(30)12-33)11-19-18-10-17(6-7-23(18)32-26(19)34)38(36,37)13-20-21(28)4-3-5-22(20)29;/h3-7,10-11,16,31H,8-9,12-13,30H2,1-2H3,(H,32,34);1H4/b19-11-;/t16-;/m1./s1. The third kappa shape index (κ3) is 5.11. The van der Waals surface area contributed by atoms with Crippen LogP contribution in [0, 0.1) is 25.5 Å². The Bertz CT molecular complexity index is 1610. The molecule has 0 bridgehead atoms. The van der Waals surface area contributed by atoms with Crippen molar-refractivity contribution in [2.24, 2.45) is 5.73 Å². The predicted molar refractivity (Wildman–Crippen MR) is 146 cm³/mol. The first kappa shape index (κ1) is 28.2. The number of anilines is 1. The van der Waals surface area contributed by atoms with Crippen molar-refractivity contribution in [2.45, 2.75) is 44.4 Å². The lowest BCUT2D eigenvalue weighted by Gasteiger charge is -2.16. The minimum Gasteiger partial charge on any atom is -0.358 e. The van der Waals surface area contributed by atoms with Crippen molar-refractivity contribution in [3.8, 4) is 0 Å². The molecule has 4 N–H and O–H groups in total. The molecule has 206 valence electrons. The minimum absolute atomic E-state index is 0. The van der Waals surface area contributed by atoms with Crippen LogP contribution in [0.5, 0.6) is 0 Å². The number of aromatic nitrogens is 1. The van der Waals surface area contributed by atoms with Crippen LogP contribution < -0.4 is 11.1 Å². The Labute approximate surface area is 225 Å². The first-order valence-electron chi connectivity index (χ1n) is 12.0. The Morgan fingerprint density at radius 1 is 1.18 bits per heavy atom. The summed E-state index contributed by atoms with van der Waals surface area (Å²) in [6, 6.07) is 7.15. The molecule has 3 aromatic rings. The summed E-state index contributed by atoms with van der Waals surface area (Å²) in [5, 5.41) is 2.70. The molecular weight excluding hydrogens is 526 g/mol. The third-order valence-corrected chi connectivity index (χ3v) is 8.66. The number of nitrogens with two attached hydrogens (primary N) is 1. The summed E-state index contributed by atoms with van der Waals surface area (Å²) in [4.78, 5) is 30.6. The van der Waals surface area contributed by atoms with Crippen LogP contribution in [0.4, 0.5) is 14.5 Å². The molecule has 0 spiro atoms. The maximum Gasteiger partial charge on any atom is 0.256 e. The predicted octanol–water partition coefficient (Wildman–Crippen LogP) is 4.19. The molecule has 0 unspecified atom stereocenters. The molecule has 1 saturated heterocycles. The fourth-order valence-corrected chi connectivity index (χ4v) is 6.36. The average molecular weight is 557 g/mol. The average Bonchev–Trinajstić information content (AvgIpc) is 3.51. The normalized spacial score (nSPS) is 17.8. The number of carbonyl (C=O) groups is 2. The van der Waals surface area contributed by atoms with Crippen LogP contribution in [0.15, 0.2) is 41.3 Å². The van der Waals surface area contributed by atoms with Crippen LogP contribution in [0.1, 0.15) is 52.3 Å². The molecule has 2 amide bonds. The minimum atomic E-state index is -4.14. The Balaban J connectivity index is 0.00000353. The second-order valence-electron chi connectivity index (χ2n) is 9.64. The summed E-state index contributed by atoms with van der Waals surface area (Å²) in [5.41, 5.74) is 8.67. The second-order valence-corrected chi connectivity index (χ2v) is 11.6. The van der Waals surface area contributed by atoms with Gasteiger partial charge >= 0.3 is 0 Å². The maximum absolute atomic E-state index is 14.1. The quantitative estimate of drug-likeness (QED) is 0.407. The monoisotopic (exact) mass is 556 g/mol. The molecule has 39 heavy (non-hydrogen) atoms. The van der Waals surface area contributed by atoms with Crippen molar-refractivity contribution in [3.05, 3.63) is 81.7 Å². The van der Waals surface area contributed by atoms with Gasteiger partial charge in [-0.05, 0) is 62.2 Å². The largest absolute Gasteiger partial charge is 0.358 e. The van der Waals surface area contributed by atoms with Crippen molar-refractivity contribution in [1.82, 2.24) is 9.88 Å². The van der Waals surface area contributed by atoms with Crippen LogP contribution in [-0.2, 0) is 20.4 Å². The number of rotatable bonds is 5. The van der Waals surface area contributed by atoms with Crippen LogP contribution >= 0.6 is 0 Å². The van der Waals surface area contributed by atoms with Crippen LogP contribution in [0.25, 0.3) is 11.6 Å². The molecule has 3 heterocycles. The fourth-order valence-electron chi connectivity index (χ4n) is 4.96. The van der Waals surface area contributed by atoms with Gasteiger partial charge in [-0.3, -0.25) is 9.59 Å². The summed E-state index contributed by atoms with van der Waals surface area (Å²) < 4.78 is 54.4. The van der Waals surface area contributed by atoms with E-state index in [0.29, 0.717) is 46.9 Å². The van der Waals surface area contributed by atoms with Crippen molar-refractivity contribution in [1.29, 1.82) is 0 Å². The number of halogens is 2. The first-order valence-corrected chi connectivity index (χ1v) is 13.7. The van der Waals surface area contributed by atoms with Gasteiger partial charge in [0.2, 0.25) is 0 Å². The number of likely N-dealkylation sites (tertiary alicyclic amines) is 1. The molecule has 0 aliphatic carbocycles. The van der Waals surface area contributed by atoms with E-state index in [0.717, 1.165) is 24.6 Å².